The number of likely N-dealkylation sites (N-methyl/N-ethyl adjacent to an activating group) is 1. The van der Waals surface area contributed by atoms with E-state index in [9.17, 15) is 0 Å². The SMILES string of the molecule is CN1CCN(C2CN(CCN)C2)CC1. The average molecular weight is 198 g/mol. The molecule has 2 N–H and O–H groups in total. The lowest BCUT2D eigenvalue weighted by atomic mass is 10.1. The van der Waals surface area contributed by atoms with Gasteiger partial charge in [0.05, 0.1) is 0 Å². The molecule has 2 heterocycles. The number of piperazine rings is 1. The summed E-state index contributed by atoms with van der Waals surface area (Å²) in [4.78, 5) is 7.49. The van der Waals surface area contributed by atoms with Gasteiger partial charge in [-0.05, 0) is 7.05 Å². The fourth-order valence-corrected chi connectivity index (χ4v) is 2.33. The van der Waals surface area contributed by atoms with Crippen molar-refractivity contribution in [2.45, 2.75) is 6.04 Å². The van der Waals surface area contributed by atoms with Crippen LogP contribution in [0.2, 0.25) is 0 Å². The quantitative estimate of drug-likeness (QED) is 0.623. The molecule has 2 aliphatic rings. The molecule has 0 aromatic rings. The first-order valence-corrected chi connectivity index (χ1v) is 5.64. The molecule has 0 bridgehead atoms. The van der Waals surface area contributed by atoms with Crippen LogP contribution in [0.3, 0.4) is 0 Å². The lowest BCUT2D eigenvalue weighted by Gasteiger charge is -2.47. The number of likely N-dealkylation sites (tertiary alicyclic amines) is 1. The molecule has 0 aliphatic carbocycles. The van der Waals surface area contributed by atoms with E-state index in [0.717, 1.165) is 19.1 Å². The molecule has 14 heavy (non-hydrogen) atoms. The Kier molecular flexibility index (Phi) is 3.38. The largest absolute Gasteiger partial charge is 0.329 e. The molecule has 0 radical (unpaired) electrons. The molecule has 2 fully saturated rings. The van der Waals surface area contributed by atoms with Crippen LogP contribution in [-0.2, 0) is 0 Å². The molecule has 0 saturated carbocycles. The zero-order valence-electron chi connectivity index (χ0n) is 9.15. The topological polar surface area (TPSA) is 35.7 Å². The van der Waals surface area contributed by atoms with Gasteiger partial charge in [0.1, 0.15) is 0 Å². The van der Waals surface area contributed by atoms with Crippen molar-refractivity contribution in [1.82, 2.24) is 14.7 Å². The zero-order valence-corrected chi connectivity index (χ0v) is 9.15. The van der Waals surface area contributed by atoms with E-state index in [1.54, 1.807) is 0 Å². The van der Waals surface area contributed by atoms with Crippen molar-refractivity contribution in [3.05, 3.63) is 0 Å². The third-order valence-corrected chi connectivity index (χ3v) is 3.44. The highest BCUT2D eigenvalue weighted by atomic mass is 15.3. The average Bonchev–Trinajstić information content (AvgIpc) is 2.13. The number of nitrogens with zero attached hydrogens (tertiary/aromatic N) is 3. The summed E-state index contributed by atoms with van der Waals surface area (Å²) < 4.78 is 0. The van der Waals surface area contributed by atoms with Gasteiger partial charge in [0.25, 0.3) is 0 Å². The fourth-order valence-electron chi connectivity index (χ4n) is 2.33. The van der Waals surface area contributed by atoms with Crippen LogP contribution in [0.15, 0.2) is 0 Å². The van der Waals surface area contributed by atoms with Crippen molar-refractivity contribution < 1.29 is 0 Å². The summed E-state index contributed by atoms with van der Waals surface area (Å²) in [6.45, 7) is 9.30. The molecular formula is C10H22N4. The molecule has 2 aliphatic heterocycles. The summed E-state index contributed by atoms with van der Waals surface area (Å²) in [5, 5.41) is 0. The van der Waals surface area contributed by atoms with Crippen molar-refractivity contribution in [2.24, 2.45) is 5.73 Å². The Morgan fingerprint density at radius 2 is 1.79 bits per heavy atom. The van der Waals surface area contributed by atoms with Gasteiger partial charge in [-0.3, -0.25) is 9.80 Å². The second-order valence-corrected chi connectivity index (χ2v) is 4.54. The van der Waals surface area contributed by atoms with Crippen molar-refractivity contribution in [3.8, 4) is 0 Å². The van der Waals surface area contributed by atoms with E-state index < -0.39 is 0 Å². The summed E-state index contributed by atoms with van der Waals surface area (Å²) in [5.41, 5.74) is 5.52. The van der Waals surface area contributed by atoms with E-state index in [1.165, 1.54) is 39.3 Å². The van der Waals surface area contributed by atoms with Gasteiger partial charge in [-0.25, -0.2) is 0 Å². The van der Waals surface area contributed by atoms with Gasteiger partial charge >= 0.3 is 0 Å². The molecule has 4 heteroatoms. The van der Waals surface area contributed by atoms with Gasteiger partial charge in [0, 0.05) is 58.4 Å². The van der Waals surface area contributed by atoms with Crippen LogP contribution in [0, 0.1) is 0 Å². The summed E-state index contributed by atoms with van der Waals surface area (Å²) >= 11 is 0. The monoisotopic (exact) mass is 198 g/mol. The highest BCUT2D eigenvalue weighted by Gasteiger charge is 2.32. The van der Waals surface area contributed by atoms with Gasteiger partial charge in [0.15, 0.2) is 0 Å². The third-order valence-electron chi connectivity index (χ3n) is 3.44. The highest BCUT2D eigenvalue weighted by molar-refractivity contribution is 4.89. The minimum Gasteiger partial charge on any atom is -0.329 e. The van der Waals surface area contributed by atoms with Gasteiger partial charge < -0.3 is 10.6 Å². The number of hydrogen-bond donors (Lipinski definition) is 1. The number of nitrogens with two attached hydrogens (primary N) is 1. The standard InChI is InChI=1S/C10H22N4/c1-12-4-6-14(7-5-12)10-8-13(9-10)3-2-11/h10H,2-9,11H2,1H3. The van der Waals surface area contributed by atoms with Gasteiger partial charge in [-0.2, -0.15) is 0 Å². The molecular weight excluding hydrogens is 176 g/mol. The van der Waals surface area contributed by atoms with E-state index in [0.29, 0.717) is 0 Å². The summed E-state index contributed by atoms with van der Waals surface area (Å²) in [5.74, 6) is 0. The molecule has 2 saturated heterocycles. The summed E-state index contributed by atoms with van der Waals surface area (Å²) in [6, 6.07) is 0.815. The normalized spacial score (nSPS) is 27.9. The van der Waals surface area contributed by atoms with Crippen LogP contribution in [-0.4, -0.2) is 80.1 Å². The first-order chi connectivity index (χ1) is 6.79. The Hall–Kier alpha value is -0.160. The number of rotatable bonds is 3. The molecule has 0 unspecified atom stereocenters. The fraction of sp³-hybridized carbons (Fsp3) is 1.00. The second kappa shape index (κ2) is 4.57. The maximum Gasteiger partial charge on any atom is 0.0351 e. The van der Waals surface area contributed by atoms with Crippen LogP contribution in [0.5, 0.6) is 0 Å². The van der Waals surface area contributed by atoms with Crippen molar-refractivity contribution in [2.75, 3.05) is 59.4 Å². The van der Waals surface area contributed by atoms with E-state index in [-0.39, 0.29) is 0 Å². The minimum absolute atomic E-state index is 0.801. The van der Waals surface area contributed by atoms with E-state index in [2.05, 4.69) is 21.7 Å². The first-order valence-electron chi connectivity index (χ1n) is 5.64. The van der Waals surface area contributed by atoms with E-state index in [4.69, 9.17) is 5.73 Å². The Labute approximate surface area is 86.6 Å². The number of hydrogen-bond acceptors (Lipinski definition) is 4. The smallest absolute Gasteiger partial charge is 0.0351 e. The maximum absolute atomic E-state index is 5.52. The van der Waals surface area contributed by atoms with Gasteiger partial charge in [-0.1, -0.05) is 0 Å². The predicted molar refractivity (Wildman–Crippen MR) is 58.4 cm³/mol. The molecule has 2 rings (SSSR count). The molecule has 0 aromatic heterocycles. The maximum atomic E-state index is 5.52. The molecule has 0 aromatic carbocycles. The van der Waals surface area contributed by atoms with Crippen LogP contribution in [0.25, 0.3) is 0 Å². The van der Waals surface area contributed by atoms with Crippen molar-refractivity contribution in [1.29, 1.82) is 0 Å². The van der Waals surface area contributed by atoms with Crippen molar-refractivity contribution in [3.63, 3.8) is 0 Å². The minimum atomic E-state index is 0.801. The zero-order chi connectivity index (χ0) is 9.97. The highest BCUT2D eigenvalue weighted by Crippen LogP contribution is 2.15. The Bertz CT molecular complexity index is 171. The molecule has 0 atom stereocenters. The molecule has 0 spiro atoms. The van der Waals surface area contributed by atoms with E-state index in [1.807, 2.05) is 0 Å². The molecule has 0 amide bonds. The van der Waals surface area contributed by atoms with Gasteiger partial charge in [0.2, 0.25) is 0 Å². The van der Waals surface area contributed by atoms with Crippen LogP contribution < -0.4 is 5.73 Å². The predicted octanol–water partition coefficient (Wildman–Crippen LogP) is -1.12. The first kappa shape index (κ1) is 10.4. The van der Waals surface area contributed by atoms with Crippen molar-refractivity contribution >= 4 is 0 Å². The van der Waals surface area contributed by atoms with E-state index >= 15 is 0 Å². The Balaban J connectivity index is 1.67. The Morgan fingerprint density at radius 3 is 2.36 bits per heavy atom. The Morgan fingerprint density at radius 1 is 1.14 bits per heavy atom. The molecule has 82 valence electrons. The lowest BCUT2D eigenvalue weighted by Crippen LogP contribution is -2.63. The summed E-state index contributed by atoms with van der Waals surface area (Å²) in [7, 11) is 2.21. The second-order valence-electron chi connectivity index (χ2n) is 4.54. The van der Waals surface area contributed by atoms with Crippen LogP contribution in [0.4, 0.5) is 0 Å². The summed E-state index contributed by atoms with van der Waals surface area (Å²) in [6.07, 6.45) is 0. The van der Waals surface area contributed by atoms with Gasteiger partial charge in [-0.15, -0.1) is 0 Å². The van der Waals surface area contributed by atoms with Crippen LogP contribution >= 0.6 is 0 Å². The lowest BCUT2D eigenvalue weighted by molar-refractivity contribution is 0.0114. The molecule has 4 nitrogen and oxygen atoms in total. The van der Waals surface area contributed by atoms with Crippen LogP contribution in [0.1, 0.15) is 0 Å². The third kappa shape index (κ3) is 2.25.